The van der Waals surface area contributed by atoms with E-state index in [-0.39, 0.29) is 5.69 Å². The maximum absolute atomic E-state index is 10.6. The molecule has 0 aliphatic rings. The summed E-state index contributed by atoms with van der Waals surface area (Å²) >= 11 is 6.09. The van der Waals surface area contributed by atoms with E-state index in [1.165, 1.54) is 12.1 Å². The molecule has 1 heterocycles. The highest BCUT2D eigenvalue weighted by atomic mass is 35.5. The van der Waals surface area contributed by atoms with Gasteiger partial charge in [0.05, 0.1) is 16.4 Å². The third kappa shape index (κ3) is 2.96. The van der Waals surface area contributed by atoms with Crippen LogP contribution in [0.5, 0.6) is 0 Å². The van der Waals surface area contributed by atoms with Crippen LogP contribution in [0.1, 0.15) is 11.5 Å². The molecule has 6 nitrogen and oxygen atoms in total. The number of non-ortho nitro benzene ring substituents is 1. The van der Waals surface area contributed by atoms with Gasteiger partial charge in [-0.15, -0.1) is 0 Å². The second-order valence-electron chi connectivity index (χ2n) is 4.59. The lowest BCUT2D eigenvalue weighted by Crippen LogP contribution is -1.91. The maximum atomic E-state index is 10.6. The molecule has 3 aromatic rings. The lowest BCUT2D eigenvalue weighted by molar-refractivity contribution is -0.384. The zero-order valence-corrected chi connectivity index (χ0v) is 12.0. The van der Waals surface area contributed by atoms with Crippen molar-refractivity contribution in [3.63, 3.8) is 0 Å². The van der Waals surface area contributed by atoms with Gasteiger partial charge in [0.15, 0.2) is 0 Å². The van der Waals surface area contributed by atoms with Crippen molar-refractivity contribution in [2.75, 3.05) is 0 Å². The molecule has 7 heteroatoms. The molecule has 0 bridgehead atoms. The van der Waals surface area contributed by atoms with Crippen LogP contribution in [0.4, 0.5) is 5.69 Å². The summed E-state index contributed by atoms with van der Waals surface area (Å²) in [5.74, 6) is 0.839. The number of nitro benzene ring substituents is 1. The number of hydrogen-bond donors (Lipinski definition) is 0. The molecule has 3 rings (SSSR count). The first-order valence-corrected chi connectivity index (χ1v) is 6.82. The Hall–Kier alpha value is -2.73. The van der Waals surface area contributed by atoms with Crippen LogP contribution in [0.3, 0.4) is 0 Å². The standard InChI is InChI=1S/C15H10ClN3O3/c16-13-4-2-1-3-12(13)15-17-14(22-18-15)9-10-5-7-11(8-6-10)19(20)21/h1-8H,9H2. The second kappa shape index (κ2) is 5.95. The Kier molecular flexibility index (Phi) is 3.84. The van der Waals surface area contributed by atoms with Crippen molar-refractivity contribution in [1.82, 2.24) is 10.1 Å². The van der Waals surface area contributed by atoms with Gasteiger partial charge in [0.1, 0.15) is 0 Å². The van der Waals surface area contributed by atoms with E-state index in [0.29, 0.717) is 28.7 Å². The van der Waals surface area contributed by atoms with E-state index < -0.39 is 4.92 Å². The Balaban J connectivity index is 1.80. The average Bonchev–Trinajstić information content (AvgIpc) is 2.96. The molecule has 0 spiro atoms. The predicted octanol–water partition coefficient (Wildman–Crippen LogP) is 3.89. The van der Waals surface area contributed by atoms with Gasteiger partial charge in [-0.25, -0.2) is 0 Å². The smallest absolute Gasteiger partial charge is 0.269 e. The molecule has 110 valence electrons. The van der Waals surface area contributed by atoms with E-state index in [1.807, 2.05) is 18.2 Å². The zero-order valence-electron chi connectivity index (χ0n) is 11.3. The summed E-state index contributed by atoms with van der Waals surface area (Å²) in [6, 6.07) is 13.4. The van der Waals surface area contributed by atoms with Crippen molar-refractivity contribution in [2.45, 2.75) is 6.42 Å². The van der Waals surface area contributed by atoms with Gasteiger partial charge in [-0.1, -0.05) is 41.0 Å². The van der Waals surface area contributed by atoms with Crippen LogP contribution in [0.15, 0.2) is 53.1 Å². The number of hydrogen-bond acceptors (Lipinski definition) is 5. The summed E-state index contributed by atoms with van der Waals surface area (Å²) < 4.78 is 5.20. The van der Waals surface area contributed by atoms with Crippen LogP contribution in [-0.2, 0) is 6.42 Å². The molecule has 0 unspecified atom stereocenters. The molecule has 0 N–H and O–H groups in total. The molecule has 0 amide bonds. The summed E-state index contributed by atoms with van der Waals surface area (Å²) in [6.45, 7) is 0. The summed E-state index contributed by atoms with van der Waals surface area (Å²) in [4.78, 5) is 14.5. The first kappa shape index (κ1) is 14.2. The molecule has 0 fully saturated rings. The van der Waals surface area contributed by atoms with E-state index >= 15 is 0 Å². The van der Waals surface area contributed by atoms with Gasteiger partial charge in [-0.05, 0) is 17.7 Å². The zero-order chi connectivity index (χ0) is 15.5. The van der Waals surface area contributed by atoms with Gasteiger partial charge in [0, 0.05) is 17.7 Å². The SMILES string of the molecule is O=[N+]([O-])c1ccc(Cc2nc(-c3ccccc3Cl)no2)cc1. The van der Waals surface area contributed by atoms with E-state index in [2.05, 4.69) is 10.1 Å². The number of rotatable bonds is 4. The fraction of sp³-hybridized carbons (Fsp3) is 0.0667. The van der Waals surface area contributed by atoms with Gasteiger partial charge in [-0.3, -0.25) is 10.1 Å². The molecule has 0 aliphatic carbocycles. The number of aromatic nitrogens is 2. The molecule has 22 heavy (non-hydrogen) atoms. The first-order valence-electron chi connectivity index (χ1n) is 6.44. The fourth-order valence-corrected chi connectivity index (χ4v) is 2.21. The molecule has 0 saturated carbocycles. The fourth-order valence-electron chi connectivity index (χ4n) is 1.99. The first-order chi connectivity index (χ1) is 10.6. The number of nitrogens with zero attached hydrogens (tertiary/aromatic N) is 3. The summed E-state index contributed by atoms with van der Waals surface area (Å²) in [7, 11) is 0. The lowest BCUT2D eigenvalue weighted by atomic mass is 10.1. The quantitative estimate of drug-likeness (QED) is 0.539. The Morgan fingerprint density at radius 2 is 1.86 bits per heavy atom. The molecule has 0 atom stereocenters. The van der Waals surface area contributed by atoms with E-state index in [9.17, 15) is 10.1 Å². The number of nitro groups is 1. The monoisotopic (exact) mass is 315 g/mol. The van der Waals surface area contributed by atoms with Crippen molar-refractivity contribution in [3.05, 3.63) is 75.1 Å². The van der Waals surface area contributed by atoms with Crippen LogP contribution in [-0.4, -0.2) is 15.1 Å². The normalized spacial score (nSPS) is 10.6. The van der Waals surface area contributed by atoms with Crippen LogP contribution < -0.4 is 0 Å². The predicted molar refractivity (Wildman–Crippen MR) is 80.6 cm³/mol. The molecule has 2 aromatic carbocycles. The average molecular weight is 316 g/mol. The highest BCUT2D eigenvalue weighted by Gasteiger charge is 2.12. The van der Waals surface area contributed by atoms with Crippen molar-refractivity contribution in [3.8, 4) is 11.4 Å². The van der Waals surface area contributed by atoms with E-state index in [0.717, 1.165) is 5.56 Å². The highest BCUT2D eigenvalue weighted by Crippen LogP contribution is 2.25. The molecular formula is C15H10ClN3O3. The maximum Gasteiger partial charge on any atom is 0.269 e. The van der Waals surface area contributed by atoms with Gasteiger partial charge >= 0.3 is 0 Å². The summed E-state index contributed by atoms with van der Waals surface area (Å²) in [5.41, 5.74) is 1.59. The van der Waals surface area contributed by atoms with Crippen molar-refractivity contribution in [1.29, 1.82) is 0 Å². The summed E-state index contributed by atoms with van der Waals surface area (Å²) in [5, 5.41) is 15.1. The van der Waals surface area contributed by atoms with Gasteiger partial charge in [-0.2, -0.15) is 4.98 Å². The van der Waals surface area contributed by atoms with Crippen LogP contribution in [0, 0.1) is 10.1 Å². The number of benzene rings is 2. The second-order valence-corrected chi connectivity index (χ2v) is 5.00. The Labute approximate surface area is 130 Å². The molecule has 1 aromatic heterocycles. The molecule has 0 saturated heterocycles. The molecule has 0 aliphatic heterocycles. The van der Waals surface area contributed by atoms with E-state index in [1.54, 1.807) is 18.2 Å². The lowest BCUT2D eigenvalue weighted by Gasteiger charge is -1.97. The summed E-state index contributed by atoms with van der Waals surface area (Å²) in [6.07, 6.45) is 0.398. The van der Waals surface area contributed by atoms with Crippen LogP contribution in [0.25, 0.3) is 11.4 Å². The van der Waals surface area contributed by atoms with Gasteiger partial charge in [0.2, 0.25) is 11.7 Å². The topological polar surface area (TPSA) is 82.1 Å². The Bertz CT molecular complexity index is 815. The molecular weight excluding hydrogens is 306 g/mol. The third-order valence-electron chi connectivity index (χ3n) is 3.09. The van der Waals surface area contributed by atoms with Gasteiger partial charge < -0.3 is 4.52 Å². The minimum Gasteiger partial charge on any atom is -0.339 e. The third-order valence-corrected chi connectivity index (χ3v) is 3.41. The minimum absolute atomic E-state index is 0.0473. The van der Waals surface area contributed by atoms with Crippen molar-refractivity contribution in [2.24, 2.45) is 0 Å². The van der Waals surface area contributed by atoms with Crippen molar-refractivity contribution >= 4 is 17.3 Å². The van der Waals surface area contributed by atoms with Crippen molar-refractivity contribution < 1.29 is 9.45 Å². The number of halogens is 1. The highest BCUT2D eigenvalue weighted by molar-refractivity contribution is 6.33. The molecule has 0 radical (unpaired) electrons. The minimum atomic E-state index is -0.439. The van der Waals surface area contributed by atoms with Crippen LogP contribution in [0.2, 0.25) is 5.02 Å². The van der Waals surface area contributed by atoms with Crippen LogP contribution >= 0.6 is 11.6 Å². The Morgan fingerprint density at radius 1 is 1.14 bits per heavy atom. The van der Waals surface area contributed by atoms with Gasteiger partial charge in [0.25, 0.3) is 5.69 Å². The van der Waals surface area contributed by atoms with E-state index in [4.69, 9.17) is 16.1 Å². The largest absolute Gasteiger partial charge is 0.339 e. The Morgan fingerprint density at radius 3 is 2.55 bits per heavy atom.